The Kier molecular flexibility index (Phi) is 72.5. The van der Waals surface area contributed by atoms with Crippen molar-refractivity contribution < 1.29 is 71.9 Å². The van der Waals surface area contributed by atoms with Crippen LogP contribution in [-0.2, 0) is 71.9 Å². The summed E-state index contributed by atoms with van der Waals surface area (Å²) in [6.07, 6.45) is 9.43. The predicted molar refractivity (Wildman–Crippen MR) is 472 cm³/mol. The van der Waals surface area contributed by atoms with E-state index < -0.39 is 0 Å². The Morgan fingerprint density at radius 2 is 0.215 bits per heavy atom. The maximum atomic E-state index is 13.7. The molecule has 15 N–H and O–H groups in total. The Balaban J connectivity index is 6.54. The third-order valence-electron chi connectivity index (χ3n) is 19.5. The number of carbonyl (C=O) groups is 15. The zero-order valence-electron chi connectivity index (χ0n) is 75.7. The fourth-order valence-electron chi connectivity index (χ4n) is 12.1. The summed E-state index contributed by atoms with van der Waals surface area (Å²) < 4.78 is 0. The quantitative estimate of drug-likeness (QED) is 0.0361. The van der Waals surface area contributed by atoms with Crippen LogP contribution < -0.4 is 79.8 Å². The minimum Gasteiger partial charge on any atom is -0.356 e. The van der Waals surface area contributed by atoms with Gasteiger partial charge in [0.25, 0.3) is 0 Å². The normalized spacial score (nSPS) is 11.2. The number of nitrogens with zero attached hydrogens (tertiary/aromatic N) is 7. The average molecular weight is 1720 g/mol. The molecule has 0 spiro atoms. The van der Waals surface area contributed by atoms with Gasteiger partial charge >= 0.3 is 0 Å². The average Bonchev–Trinajstić information content (AvgIpc) is 0.936. The van der Waals surface area contributed by atoms with E-state index in [4.69, 9.17) is 0 Å². The van der Waals surface area contributed by atoms with Gasteiger partial charge in [0.1, 0.15) is 0 Å². The molecule has 0 radical (unpaired) electrons. The first kappa shape index (κ1) is 113. The molecular formula is C84H162N22O15. The second-order valence-electron chi connectivity index (χ2n) is 30.4. The van der Waals surface area contributed by atoms with E-state index in [0.717, 1.165) is 51.4 Å². The zero-order valence-corrected chi connectivity index (χ0v) is 75.7. The van der Waals surface area contributed by atoms with Crippen LogP contribution in [0.4, 0.5) is 0 Å². The lowest BCUT2D eigenvalue weighted by molar-refractivity contribution is -0.124. The van der Waals surface area contributed by atoms with Gasteiger partial charge in [0.15, 0.2) is 0 Å². The molecule has 0 aromatic heterocycles. The molecule has 0 aliphatic carbocycles. The van der Waals surface area contributed by atoms with Gasteiger partial charge in [0.2, 0.25) is 88.6 Å². The monoisotopic (exact) mass is 1720 g/mol. The minimum absolute atomic E-state index is 0.0288. The van der Waals surface area contributed by atoms with E-state index in [-0.39, 0.29) is 277 Å². The number of rotatable bonds is 81. The lowest BCUT2D eigenvalue weighted by Crippen LogP contribution is -2.42. The van der Waals surface area contributed by atoms with E-state index in [1.165, 1.54) is 0 Å². The first-order chi connectivity index (χ1) is 58.3. The van der Waals surface area contributed by atoms with Crippen LogP contribution >= 0.6 is 0 Å². The fraction of sp³-hybridized carbons (Fsp3) is 0.821. The molecule has 0 unspecified atom stereocenters. The molecule has 0 atom stereocenters. The van der Waals surface area contributed by atoms with Gasteiger partial charge in [-0.25, -0.2) is 0 Å². The molecule has 0 heterocycles. The molecule has 0 bridgehead atoms. The molecule has 15 amide bonds. The lowest BCUT2D eigenvalue weighted by Gasteiger charge is -2.25. The highest BCUT2D eigenvalue weighted by atomic mass is 16.2. The number of hydrogen-bond acceptors (Lipinski definition) is 22. The highest BCUT2D eigenvalue weighted by Gasteiger charge is 2.21. The lowest BCUT2D eigenvalue weighted by atomic mass is 10.2. The van der Waals surface area contributed by atoms with Gasteiger partial charge in [-0.2, -0.15) is 0 Å². The van der Waals surface area contributed by atoms with Crippen molar-refractivity contribution in [2.24, 2.45) is 0 Å². The molecule has 0 aliphatic heterocycles. The summed E-state index contributed by atoms with van der Waals surface area (Å²) in [7, 11) is 0. The maximum absolute atomic E-state index is 13.7. The molecule has 0 aromatic carbocycles. The third-order valence-corrected chi connectivity index (χ3v) is 19.5. The van der Waals surface area contributed by atoms with Gasteiger partial charge in [-0.05, 0) is 57.8 Å². The van der Waals surface area contributed by atoms with Gasteiger partial charge in [-0.3, -0.25) is 71.9 Å². The van der Waals surface area contributed by atoms with Crippen LogP contribution in [0.1, 0.15) is 216 Å². The van der Waals surface area contributed by atoms with Crippen molar-refractivity contribution in [3.8, 4) is 0 Å². The van der Waals surface area contributed by atoms with Crippen LogP contribution in [0.3, 0.4) is 0 Å². The van der Waals surface area contributed by atoms with Gasteiger partial charge in [-0.1, -0.05) is 62.3 Å². The summed E-state index contributed by atoms with van der Waals surface area (Å²) in [5.74, 6) is -2.56. The number of nitrogens with one attached hydrogen (secondary N) is 15. The number of carbonyl (C=O) groups excluding carboxylic acids is 15. The second kappa shape index (κ2) is 77.8. The Bertz CT molecular complexity index is 2470. The Hall–Kier alpha value is -8.23. The first-order valence-corrected chi connectivity index (χ1v) is 45.4. The summed E-state index contributed by atoms with van der Waals surface area (Å²) in [4.78, 5) is 208. The Morgan fingerprint density at radius 3 is 0.306 bits per heavy atom. The molecule has 0 rings (SSSR count). The summed E-state index contributed by atoms with van der Waals surface area (Å²) in [6, 6.07) is 0. The van der Waals surface area contributed by atoms with Crippen LogP contribution in [0.15, 0.2) is 0 Å². The van der Waals surface area contributed by atoms with Gasteiger partial charge < -0.3 is 114 Å². The summed E-state index contributed by atoms with van der Waals surface area (Å²) in [5, 5.41) is 43.8. The van der Waals surface area contributed by atoms with Crippen LogP contribution in [-0.4, -0.2) is 359 Å². The highest BCUT2D eigenvalue weighted by Crippen LogP contribution is 2.05. The van der Waals surface area contributed by atoms with Crippen molar-refractivity contribution >= 4 is 88.6 Å². The molecule has 0 aromatic rings. The van der Waals surface area contributed by atoms with Crippen molar-refractivity contribution in [2.45, 2.75) is 216 Å². The molecule has 0 saturated heterocycles. The third kappa shape index (κ3) is 69.9. The summed E-state index contributed by atoms with van der Waals surface area (Å²) in [6.45, 7) is 30.6. The first-order valence-electron chi connectivity index (χ1n) is 45.4. The van der Waals surface area contributed by atoms with E-state index in [0.29, 0.717) is 150 Å². The van der Waals surface area contributed by atoms with Crippen LogP contribution in [0, 0.1) is 0 Å². The standard InChI is InChI=1S/C84H162N22O15/c1-10-19-70(107)93-42-63-104(57-28-79(116)98-47-68-105(59-30-81(118)94-43-64-100(49-20-71(108)85-34-11-2)50-21-72(109)86-35-12-3)60-31-82(119)95-44-65-101(51-22-73(110)87-36-13-4)52-23-74(111)88-37-14-5)58-29-80(117)99-48-69-106(61-32-83(120)96-45-66-102(53-24-75(112)89-38-15-6)54-25-76(113)90-39-16-7)62-33-84(121)97-46-67-103(55-26-77(114)91-40-17-8)56-27-78(115)92-41-18-9/h10-69H2,1-9H3,(H,85,108)(H,86,109)(H,87,110)(H,88,111)(H,89,112)(H,90,113)(H,91,114)(H,92,115)(H,93,107)(H,94,118)(H,95,119)(H,96,120)(H,97,121)(H,98,116)(H,99,117). The van der Waals surface area contributed by atoms with Crippen molar-refractivity contribution in [3.63, 3.8) is 0 Å². The largest absolute Gasteiger partial charge is 0.356 e. The van der Waals surface area contributed by atoms with E-state index in [1.807, 2.05) is 96.6 Å². The van der Waals surface area contributed by atoms with E-state index in [9.17, 15) is 71.9 Å². The molecule has 0 saturated carbocycles. The van der Waals surface area contributed by atoms with Gasteiger partial charge in [0.05, 0.1) is 0 Å². The van der Waals surface area contributed by atoms with E-state index in [2.05, 4.69) is 79.8 Å². The maximum Gasteiger partial charge on any atom is 0.221 e. The molecular weight excluding hydrogens is 1560 g/mol. The number of hydrogen-bond donors (Lipinski definition) is 15. The number of amides is 15. The van der Waals surface area contributed by atoms with Crippen LogP contribution in [0.25, 0.3) is 0 Å². The van der Waals surface area contributed by atoms with Crippen molar-refractivity contribution in [3.05, 3.63) is 0 Å². The Morgan fingerprint density at radius 1 is 0.124 bits per heavy atom. The second-order valence-corrected chi connectivity index (χ2v) is 30.4. The van der Waals surface area contributed by atoms with Crippen LogP contribution in [0.2, 0.25) is 0 Å². The zero-order chi connectivity index (χ0) is 89.7. The van der Waals surface area contributed by atoms with E-state index in [1.54, 1.807) is 0 Å². The van der Waals surface area contributed by atoms with Crippen molar-refractivity contribution in [1.29, 1.82) is 0 Å². The predicted octanol–water partition coefficient (Wildman–Crippen LogP) is -0.615. The fourth-order valence-corrected chi connectivity index (χ4v) is 12.1. The highest BCUT2D eigenvalue weighted by molar-refractivity contribution is 5.81. The molecule has 0 aliphatic rings. The molecule has 37 nitrogen and oxygen atoms in total. The van der Waals surface area contributed by atoms with Crippen LogP contribution in [0.5, 0.6) is 0 Å². The smallest absolute Gasteiger partial charge is 0.221 e. The SMILES string of the molecule is CCCNC(=O)CCN(CCNC(=O)CCN(CCNC(=O)CCN(CCNC(=O)CCC)CCC(=O)NCCN(CCC(=O)NCCN(CCC(=O)NCCC)CCC(=O)NCCC)CCC(=O)NCCN(CCC(=O)NCCC)CCC(=O)NCCC)CCC(=O)NCCN(CCC(=O)NCCC)CCC(=O)NCCC)CCC(=O)NCCC. The minimum atomic E-state index is -0.295. The van der Waals surface area contributed by atoms with Gasteiger partial charge in [-0.15, -0.1) is 0 Å². The van der Waals surface area contributed by atoms with E-state index >= 15 is 0 Å². The molecule has 37 heteroatoms. The van der Waals surface area contributed by atoms with Crippen molar-refractivity contribution in [2.75, 3.05) is 236 Å². The van der Waals surface area contributed by atoms with Gasteiger partial charge in [0, 0.05) is 332 Å². The molecule has 0 fully saturated rings. The summed E-state index contributed by atoms with van der Waals surface area (Å²) in [5.41, 5.74) is 0. The van der Waals surface area contributed by atoms with Crippen molar-refractivity contribution in [1.82, 2.24) is 114 Å². The summed E-state index contributed by atoms with van der Waals surface area (Å²) >= 11 is 0. The Labute approximate surface area is 723 Å². The molecule has 121 heavy (non-hydrogen) atoms. The molecule has 698 valence electrons. The topological polar surface area (TPSA) is 459 Å².